The molecule has 0 radical (unpaired) electrons. The summed E-state index contributed by atoms with van der Waals surface area (Å²) in [4.78, 5) is 0. The van der Waals surface area contributed by atoms with E-state index < -0.39 is 0 Å². The van der Waals surface area contributed by atoms with Crippen LogP contribution in [0.15, 0.2) is 10.7 Å². The summed E-state index contributed by atoms with van der Waals surface area (Å²) in [6, 6.07) is 0. The molecular formula is C7H10BrN. The molecule has 2 heteroatoms. The van der Waals surface area contributed by atoms with E-state index in [-0.39, 0.29) is 0 Å². The standard InChI is InChI=1S/C7H10BrN/c1-5-4-9(3)6(2)7(5)8/h4H,1-3H3. The van der Waals surface area contributed by atoms with Gasteiger partial charge in [-0.2, -0.15) is 0 Å². The highest BCUT2D eigenvalue weighted by Gasteiger charge is 2.01. The lowest BCUT2D eigenvalue weighted by Gasteiger charge is -1.92. The van der Waals surface area contributed by atoms with Gasteiger partial charge in [0, 0.05) is 23.4 Å². The third-order valence-electron chi connectivity index (χ3n) is 1.58. The molecule has 1 nitrogen and oxygen atoms in total. The Morgan fingerprint density at radius 3 is 2.11 bits per heavy atom. The summed E-state index contributed by atoms with van der Waals surface area (Å²) in [6.07, 6.45) is 2.11. The Morgan fingerprint density at radius 1 is 1.44 bits per heavy atom. The molecular weight excluding hydrogens is 178 g/mol. The van der Waals surface area contributed by atoms with Crippen molar-refractivity contribution in [2.75, 3.05) is 0 Å². The molecule has 0 spiro atoms. The fourth-order valence-electron chi connectivity index (χ4n) is 0.884. The number of aryl methyl sites for hydroxylation is 2. The summed E-state index contributed by atoms with van der Waals surface area (Å²) in [6.45, 7) is 4.19. The Morgan fingerprint density at radius 2 is 2.00 bits per heavy atom. The summed E-state index contributed by atoms with van der Waals surface area (Å²) in [5, 5.41) is 0. The van der Waals surface area contributed by atoms with Crippen LogP contribution < -0.4 is 0 Å². The highest BCUT2D eigenvalue weighted by atomic mass is 79.9. The first-order valence-electron chi connectivity index (χ1n) is 2.91. The van der Waals surface area contributed by atoms with Gasteiger partial charge < -0.3 is 4.57 Å². The SMILES string of the molecule is Cc1cn(C)c(C)c1Br. The lowest BCUT2D eigenvalue weighted by Crippen LogP contribution is -1.86. The van der Waals surface area contributed by atoms with Crippen LogP contribution in [0, 0.1) is 13.8 Å². The highest BCUT2D eigenvalue weighted by molar-refractivity contribution is 9.10. The summed E-state index contributed by atoms with van der Waals surface area (Å²) in [7, 11) is 2.05. The second kappa shape index (κ2) is 2.18. The van der Waals surface area contributed by atoms with Crippen molar-refractivity contribution in [1.82, 2.24) is 4.57 Å². The topological polar surface area (TPSA) is 4.93 Å². The number of hydrogen-bond acceptors (Lipinski definition) is 0. The first kappa shape index (κ1) is 6.87. The molecule has 0 aliphatic carbocycles. The smallest absolute Gasteiger partial charge is 0.0410 e. The van der Waals surface area contributed by atoms with Gasteiger partial charge in [-0.05, 0) is 35.3 Å². The van der Waals surface area contributed by atoms with Gasteiger partial charge >= 0.3 is 0 Å². The molecule has 0 unspecified atom stereocenters. The highest BCUT2D eigenvalue weighted by Crippen LogP contribution is 2.20. The molecule has 0 bridgehead atoms. The van der Waals surface area contributed by atoms with E-state index in [0.717, 1.165) is 0 Å². The molecule has 0 amide bonds. The predicted molar refractivity (Wildman–Crippen MR) is 42.6 cm³/mol. The Kier molecular flexibility index (Phi) is 1.66. The molecule has 1 aromatic heterocycles. The van der Waals surface area contributed by atoms with E-state index in [0.29, 0.717) is 0 Å². The van der Waals surface area contributed by atoms with E-state index in [4.69, 9.17) is 0 Å². The van der Waals surface area contributed by atoms with E-state index in [1.807, 2.05) is 7.05 Å². The minimum Gasteiger partial charge on any atom is -0.353 e. The van der Waals surface area contributed by atoms with Crippen LogP contribution in [0.25, 0.3) is 0 Å². The van der Waals surface area contributed by atoms with Crippen molar-refractivity contribution in [2.45, 2.75) is 13.8 Å². The fourth-order valence-corrected chi connectivity index (χ4v) is 1.27. The molecule has 0 N–H and O–H groups in total. The summed E-state index contributed by atoms with van der Waals surface area (Å²) in [5.41, 5.74) is 2.59. The van der Waals surface area contributed by atoms with E-state index in [9.17, 15) is 0 Å². The van der Waals surface area contributed by atoms with E-state index in [2.05, 4.69) is 40.5 Å². The molecule has 0 fully saturated rings. The van der Waals surface area contributed by atoms with Crippen LogP contribution in [0.2, 0.25) is 0 Å². The number of hydrogen-bond donors (Lipinski definition) is 0. The minimum atomic E-state index is 1.23. The minimum absolute atomic E-state index is 1.23. The lowest BCUT2D eigenvalue weighted by atomic mass is 10.3. The van der Waals surface area contributed by atoms with Crippen molar-refractivity contribution in [2.24, 2.45) is 7.05 Å². The van der Waals surface area contributed by atoms with Crippen LogP contribution in [0.3, 0.4) is 0 Å². The van der Waals surface area contributed by atoms with Gasteiger partial charge in [0.25, 0.3) is 0 Å². The van der Waals surface area contributed by atoms with Crippen molar-refractivity contribution in [3.63, 3.8) is 0 Å². The summed E-state index contributed by atoms with van der Waals surface area (Å²) in [5.74, 6) is 0. The van der Waals surface area contributed by atoms with Gasteiger partial charge in [0.15, 0.2) is 0 Å². The third kappa shape index (κ3) is 1.04. The van der Waals surface area contributed by atoms with Crippen LogP contribution in [0.1, 0.15) is 11.3 Å². The zero-order valence-electron chi connectivity index (χ0n) is 5.90. The molecule has 1 heterocycles. The van der Waals surface area contributed by atoms with Gasteiger partial charge in [0.05, 0.1) is 0 Å². The molecule has 0 aliphatic rings. The zero-order valence-corrected chi connectivity index (χ0v) is 7.49. The average Bonchev–Trinajstić information content (AvgIpc) is 1.98. The quantitative estimate of drug-likeness (QED) is 0.589. The second-order valence-corrected chi connectivity index (χ2v) is 3.12. The number of halogens is 1. The fraction of sp³-hybridized carbons (Fsp3) is 0.429. The molecule has 0 aromatic carbocycles. The first-order chi connectivity index (χ1) is 4.13. The maximum absolute atomic E-state index is 3.48. The molecule has 1 rings (SSSR count). The van der Waals surface area contributed by atoms with Crippen LogP contribution in [-0.4, -0.2) is 4.57 Å². The Bertz CT molecular complexity index is 203. The van der Waals surface area contributed by atoms with Crippen LogP contribution in [0.4, 0.5) is 0 Å². The maximum Gasteiger partial charge on any atom is 0.0410 e. The van der Waals surface area contributed by atoms with Crippen molar-refractivity contribution in [3.8, 4) is 0 Å². The van der Waals surface area contributed by atoms with Gasteiger partial charge in [-0.1, -0.05) is 0 Å². The Labute approximate surface area is 63.8 Å². The summed E-state index contributed by atoms with van der Waals surface area (Å²) < 4.78 is 3.34. The second-order valence-electron chi connectivity index (χ2n) is 2.32. The molecule has 9 heavy (non-hydrogen) atoms. The Balaban J connectivity index is 3.29. The van der Waals surface area contributed by atoms with E-state index in [1.165, 1.54) is 15.7 Å². The molecule has 50 valence electrons. The van der Waals surface area contributed by atoms with Crippen molar-refractivity contribution in [1.29, 1.82) is 0 Å². The predicted octanol–water partition coefficient (Wildman–Crippen LogP) is 2.40. The normalized spacial score (nSPS) is 10.2. The average molecular weight is 188 g/mol. The molecule has 0 atom stereocenters. The Hall–Kier alpha value is -0.240. The van der Waals surface area contributed by atoms with Gasteiger partial charge in [0.2, 0.25) is 0 Å². The third-order valence-corrected chi connectivity index (χ3v) is 2.78. The van der Waals surface area contributed by atoms with Crippen LogP contribution in [-0.2, 0) is 7.05 Å². The lowest BCUT2D eigenvalue weighted by molar-refractivity contribution is 0.878. The number of aromatic nitrogens is 1. The van der Waals surface area contributed by atoms with Gasteiger partial charge in [-0.25, -0.2) is 0 Å². The molecule has 0 saturated heterocycles. The van der Waals surface area contributed by atoms with E-state index >= 15 is 0 Å². The van der Waals surface area contributed by atoms with Crippen molar-refractivity contribution >= 4 is 15.9 Å². The van der Waals surface area contributed by atoms with Crippen LogP contribution in [0.5, 0.6) is 0 Å². The monoisotopic (exact) mass is 187 g/mol. The summed E-state index contributed by atoms with van der Waals surface area (Å²) >= 11 is 3.48. The number of nitrogens with zero attached hydrogens (tertiary/aromatic N) is 1. The van der Waals surface area contributed by atoms with E-state index in [1.54, 1.807) is 0 Å². The maximum atomic E-state index is 3.48. The zero-order chi connectivity index (χ0) is 7.02. The molecule has 1 aromatic rings. The van der Waals surface area contributed by atoms with Gasteiger partial charge in [-0.15, -0.1) is 0 Å². The molecule has 0 aliphatic heterocycles. The van der Waals surface area contributed by atoms with Gasteiger partial charge in [0.1, 0.15) is 0 Å². The first-order valence-corrected chi connectivity index (χ1v) is 3.70. The van der Waals surface area contributed by atoms with Crippen molar-refractivity contribution in [3.05, 3.63) is 21.9 Å². The van der Waals surface area contributed by atoms with Crippen molar-refractivity contribution < 1.29 is 0 Å². The largest absolute Gasteiger partial charge is 0.353 e. The molecule has 0 saturated carbocycles. The van der Waals surface area contributed by atoms with Gasteiger partial charge in [-0.3, -0.25) is 0 Å². The number of rotatable bonds is 0. The van der Waals surface area contributed by atoms with Crippen LogP contribution >= 0.6 is 15.9 Å².